The van der Waals surface area contributed by atoms with Crippen LogP contribution in [0.1, 0.15) is 38.7 Å². The van der Waals surface area contributed by atoms with E-state index < -0.39 is 6.29 Å². The second-order valence-corrected chi connectivity index (χ2v) is 6.66. The molecule has 6 heteroatoms. The fourth-order valence-corrected chi connectivity index (χ4v) is 2.66. The van der Waals surface area contributed by atoms with Gasteiger partial charge in [0, 0.05) is 36.1 Å². The molecule has 0 bridgehead atoms. The molecule has 0 amide bonds. The number of carbonyl (C=O) groups is 1. The van der Waals surface area contributed by atoms with Crippen LogP contribution in [0.3, 0.4) is 0 Å². The maximum atomic E-state index is 12.0. The molecule has 0 atom stereocenters. The summed E-state index contributed by atoms with van der Waals surface area (Å²) >= 11 is 0. The number of fused-ring (bicyclic) bond motifs is 1. The number of aliphatic hydroxyl groups excluding tert-OH is 1. The van der Waals surface area contributed by atoms with E-state index in [1.54, 1.807) is 6.07 Å². The molecule has 0 unspecified atom stereocenters. The van der Waals surface area contributed by atoms with Gasteiger partial charge in [-0.1, -0.05) is 6.07 Å². The zero-order valence-electron chi connectivity index (χ0n) is 15.2. The molecule has 0 aliphatic heterocycles. The van der Waals surface area contributed by atoms with Crippen molar-refractivity contribution in [2.45, 2.75) is 51.9 Å². The van der Waals surface area contributed by atoms with E-state index in [9.17, 15) is 4.79 Å². The summed E-state index contributed by atoms with van der Waals surface area (Å²) in [7, 11) is 2.09. The van der Waals surface area contributed by atoms with Crippen molar-refractivity contribution < 1.29 is 19.7 Å². The van der Waals surface area contributed by atoms with Gasteiger partial charge in [-0.3, -0.25) is 4.79 Å². The van der Waals surface area contributed by atoms with E-state index >= 15 is 0 Å². The number of carbonyl (C=O) groups excluding carboxylic acids is 1. The van der Waals surface area contributed by atoms with Crippen LogP contribution in [-0.4, -0.2) is 52.0 Å². The molecule has 25 heavy (non-hydrogen) atoms. The van der Waals surface area contributed by atoms with E-state index in [1.165, 1.54) is 0 Å². The fraction of sp³-hybridized carbons (Fsp3) is 0.526. The Morgan fingerprint density at radius 3 is 2.76 bits per heavy atom. The van der Waals surface area contributed by atoms with Crippen molar-refractivity contribution >= 4 is 16.9 Å². The molecule has 6 nitrogen and oxygen atoms in total. The molecule has 2 aromatic rings. The Kier molecular flexibility index (Phi) is 6.99. The van der Waals surface area contributed by atoms with E-state index in [-0.39, 0.29) is 18.8 Å². The average molecular weight is 348 g/mol. The first-order chi connectivity index (χ1) is 11.9. The van der Waals surface area contributed by atoms with Crippen molar-refractivity contribution in [3.63, 3.8) is 0 Å². The van der Waals surface area contributed by atoms with Crippen LogP contribution in [0.5, 0.6) is 5.75 Å². The highest BCUT2D eigenvalue weighted by Crippen LogP contribution is 2.29. The second-order valence-electron chi connectivity index (χ2n) is 6.66. The Hall–Kier alpha value is -1.89. The molecule has 1 heterocycles. The number of aromatic nitrogens is 1. The summed E-state index contributed by atoms with van der Waals surface area (Å²) < 4.78 is 5.53. The maximum absolute atomic E-state index is 12.0. The molecule has 0 saturated carbocycles. The third kappa shape index (κ3) is 5.56. The van der Waals surface area contributed by atoms with E-state index in [1.807, 2.05) is 18.3 Å². The highest BCUT2D eigenvalue weighted by atomic mass is 16.5. The topological polar surface area (TPSA) is 85.8 Å². The number of nitrogens with zero attached hydrogens (tertiary/aromatic N) is 1. The summed E-state index contributed by atoms with van der Waals surface area (Å²) in [4.78, 5) is 17.5. The molecule has 0 radical (unpaired) electrons. The molecule has 0 fully saturated rings. The van der Waals surface area contributed by atoms with E-state index in [0.29, 0.717) is 18.2 Å². The monoisotopic (exact) mass is 348 g/mol. The van der Waals surface area contributed by atoms with Crippen LogP contribution in [0.15, 0.2) is 24.4 Å². The molecule has 0 spiro atoms. The first-order valence-electron chi connectivity index (χ1n) is 8.74. The van der Waals surface area contributed by atoms with Gasteiger partial charge in [-0.15, -0.1) is 0 Å². The number of ether oxygens (including phenoxy) is 1. The van der Waals surface area contributed by atoms with Gasteiger partial charge in [0.2, 0.25) is 0 Å². The summed E-state index contributed by atoms with van der Waals surface area (Å²) in [6.07, 6.45) is 2.15. The summed E-state index contributed by atoms with van der Waals surface area (Å²) in [5.41, 5.74) is 2.06. The number of H-pyrrole nitrogens is 1. The van der Waals surface area contributed by atoms with Crippen LogP contribution >= 0.6 is 0 Å². The van der Waals surface area contributed by atoms with Crippen LogP contribution in [0.4, 0.5) is 0 Å². The SMILES string of the molecule is CC(C)N(C)CCc1c[nH]c2cccc(OC(=O)CCCC(O)O)c12. The van der Waals surface area contributed by atoms with Crippen LogP contribution < -0.4 is 4.74 Å². The molecule has 1 aromatic heterocycles. The lowest BCUT2D eigenvalue weighted by molar-refractivity contribution is -0.134. The lowest BCUT2D eigenvalue weighted by Crippen LogP contribution is -2.28. The van der Waals surface area contributed by atoms with Gasteiger partial charge in [-0.05, 0) is 57.9 Å². The van der Waals surface area contributed by atoms with Crippen molar-refractivity contribution in [1.29, 1.82) is 0 Å². The molecular weight excluding hydrogens is 320 g/mol. The van der Waals surface area contributed by atoms with Gasteiger partial charge < -0.3 is 24.8 Å². The highest BCUT2D eigenvalue weighted by molar-refractivity contribution is 5.91. The number of hydrogen-bond donors (Lipinski definition) is 3. The summed E-state index contributed by atoms with van der Waals surface area (Å²) in [5.74, 6) is 0.190. The van der Waals surface area contributed by atoms with Gasteiger partial charge in [0.25, 0.3) is 0 Å². The number of aromatic amines is 1. The Morgan fingerprint density at radius 1 is 1.32 bits per heavy atom. The largest absolute Gasteiger partial charge is 0.426 e. The standard InChI is InChI=1S/C19H28N2O4/c1-13(2)21(3)11-10-14-12-20-15-6-4-7-16(19(14)15)25-18(24)9-5-8-17(22)23/h4,6-7,12-13,17,20,22-23H,5,8-11H2,1-3H3. The zero-order valence-corrected chi connectivity index (χ0v) is 15.2. The first-order valence-corrected chi connectivity index (χ1v) is 8.74. The minimum atomic E-state index is -1.38. The summed E-state index contributed by atoms with van der Waals surface area (Å²) in [6, 6.07) is 6.09. The van der Waals surface area contributed by atoms with E-state index in [4.69, 9.17) is 14.9 Å². The number of nitrogens with one attached hydrogen (secondary N) is 1. The third-order valence-electron chi connectivity index (χ3n) is 4.43. The van der Waals surface area contributed by atoms with Gasteiger partial charge in [0.1, 0.15) is 5.75 Å². The van der Waals surface area contributed by atoms with Crippen molar-refractivity contribution in [2.24, 2.45) is 0 Å². The molecule has 2 rings (SSSR count). The Balaban J connectivity index is 2.09. The second kappa shape index (κ2) is 8.99. The molecule has 1 aromatic carbocycles. The highest BCUT2D eigenvalue weighted by Gasteiger charge is 2.14. The molecule has 0 saturated heterocycles. The van der Waals surface area contributed by atoms with Crippen LogP contribution in [0.2, 0.25) is 0 Å². The van der Waals surface area contributed by atoms with Crippen molar-refractivity contribution in [1.82, 2.24) is 9.88 Å². The van der Waals surface area contributed by atoms with Gasteiger partial charge in [0.15, 0.2) is 6.29 Å². The zero-order chi connectivity index (χ0) is 18.4. The van der Waals surface area contributed by atoms with Crippen molar-refractivity contribution in [3.05, 3.63) is 30.0 Å². The lowest BCUT2D eigenvalue weighted by Gasteiger charge is -2.20. The Morgan fingerprint density at radius 2 is 2.08 bits per heavy atom. The Bertz CT molecular complexity index is 694. The molecule has 3 N–H and O–H groups in total. The number of likely N-dealkylation sites (N-methyl/N-ethyl adjacent to an activating group) is 1. The van der Waals surface area contributed by atoms with Crippen molar-refractivity contribution in [3.8, 4) is 5.75 Å². The van der Waals surface area contributed by atoms with Gasteiger partial charge >= 0.3 is 5.97 Å². The predicted molar refractivity (Wildman–Crippen MR) is 97.5 cm³/mol. The molecule has 0 aliphatic rings. The van der Waals surface area contributed by atoms with Crippen molar-refractivity contribution in [2.75, 3.05) is 13.6 Å². The number of aliphatic hydroxyl groups is 2. The van der Waals surface area contributed by atoms with Gasteiger partial charge in [-0.2, -0.15) is 0 Å². The van der Waals surface area contributed by atoms with Gasteiger partial charge in [-0.25, -0.2) is 0 Å². The summed E-state index contributed by atoms with van der Waals surface area (Å²) in [5, 5.41) is 18.6. The molecular formula is C19H28N2O4. The molecule has 138 valence electrons. The number of benzene rings is 1. The predicted octanol–water partition coefficient (Wildman–Crippen LogP) is 2.44. The third-order valence-corrected chi connectivity index (χ3v) is 4.43. The molecule has 0 aliphatic carbocycles. The smallest absolute Gasteiger partial charge is 0.311 e. The first kappa shape index (κ1) is 19.4. The number of rotatable bonds is 9. The fourth-order valence-electron chi connectivity index (χ4n) is 2.66. The van der Waals surface area contributed by atoms with Crippen LogP contribution in [0, 0.1) is 0 Å². The van der Waals surface area contributed by atoms with E-state index in [2.05, 4.69) is 30.8 Å². The minimum Gasteiger partial charge on any atom is -0.426 e. The van der Waals surface area contributed by atoms with Crippen LogP contribution in [-0.2, 0) is 11.2 Å². The minimum absolute atomic E-state index is 0.157. The van der Waals surface area contributed by atoms with Gasteiger partial charge in [0.05, 0.1) is 0 Å². The number of hydrogen-bond acceptors (Lipinski definition) is 5. The summed E-state index contributed by atoms with van der Waals surface area (Å²) in [6.45, 7) is 5.23. The quantitative estimate of drug-likeness (QED) is 0.368. The normalized spacial score (nSPS) is 11.8. The average Bonchev–Trinajstić information content (AvgIpc) is 2.96. The van der Waals surface area contributed by atoms with E-state index in [0.717, 1.165) is 29.4 Å². The lowest BCUT2D eigenvalue weighted by atomic mass is 10.1. The van der Waals surface area contributed by atoms with Crippen LogP contribution in [0.25, 0.3) is 10.9 Å². The Labute approximate surface area is 148 Å². The maximum Gasteiger partial charge on any atom is 0.311 e. The number of esters is 1.